The number of Topliss-reactive ketones (excluding diaryl/α,β-unsaturated/α-hetero) is 1. The number of carbonyl (C=O) groups is 1. The van der Waals surface area contributed by atoms with Crippen LogP contribution in [-0.4, -0.2) is 10.9 Å². The van der Waals surface area contributed by atoms with Crippen LogP contribution in [0.2, 0.25) is 0 Å². The van der Waals surface area contributed by atoms with Crippen molar-refractivity contribution in [3.8, 4) is 0 Å². The van der Waals surface area contributed by atoms with E-state index in [0.717, 1.165) is 3.57 Å². The van der Waals surface area contributed by atoms with Gasteiger partial charge in [0.1, 0.15) is 5.76 Å². The SMILES string of the molecule is CC(=O)C(N=Nc1cccc(I)c1)=C(C)O. The fourth-order valence-corrected chi connectivity index (χ4v) is 1.57. The standard InChI is InChI=1S/C11H11IN2O2/c1-7(15)11(8(2)16)14-13-10-5-3-4-9(12)6-10/h3-6,15H,1-2H3. The molecule has 0 bridgehead atoms. The molecule has 1 N–H and O–H groups in total. The van der Waals surface area contributed by atoms with E-state index in [-0.39, 0.29) is 17.2 Å². The van der Waals surface area contributed by atoms with Gasteiger partial charge in [-0.1, -0.05) is 6.07 Å². The van der Waals surface area contributed by atoms with E-state index < -0.39 is 0 Å². The first-order valence-corrected chi connectivity index (χ1v) is 5.66. The van der Waals surface area contributed by atoms with Crippen molar-refractivity contribution >= 4 is 34.1 Å². The van der Waals surface area contributed by atoms with E-state index in [0.29, 0.717) is 5.69 Å². The third-order valence-corrected chi connectivity index (χ3v) is 2.42. The van der Waals surface area contributed by atoms with Crippen LogP contribution in [-0.2, 0) is 4.79 Å². The fourth-order valence-electron chi connectivity index (χ4n) is 1.04. The number of halogens is 1. The molecule has 0 aliphatic rings. The highest BCUT2D eigenvalue weighted by molar-refractivity contribution is 14.1. The molecule has 0 saturated heterocycles. The van der Waals surface area contributed by atoms with Gasteiger partial charge in [0.25, 0.3) is 0 Å². The number of benzene rings is 1. The molecule has 0 amide bonds. The maximum atomic E-state index is 11.1. The number of allylic oxidation sites excluding steroid dienone is 2. The van der Waals surface area contributed by atoms with Crippen molar-refractivity contribution in [2.45, 2.75) is 13.8 Å². The van der Waals surface area contributed by atoms with Gasteiger partial charge in [0.2, 0.25) is 0 Å². The second-order valence-corrected chi connectivity index (χ2v) is 4.42. The number of azo groups is 1. The lowest BCUT2D eigenvalue weighted by atomic mass is 10.3. The molecule has 84 valence electrons. The normalized spacial score (nSPS) is 12.7. The molecule has 0 radical (unpaired) electrons. The van der Waals surface area contributed by atoms with E-state index in [1.165, 1.54) is 13.8 Å². The lowest BCUT2D eigenvalue weighted by Gasteiger charge is -1.97. The molecule has 0 fully saturated rings. The highest BCUT2D eigenvalue weighted by atomic mass is 127. The Bertz CT molecular complexity index is 463. The number of nitrogens with zero attached hydrogens (tertiary/aromatic N) is 2. The number of hydrogen-bond acceptors (Lipinski definition) is 4. The van der Waals surface area contributed by atoms with Crippen LogP contribution in [0.1, 0.15) is 13.8 Å². The summed E-state index contributed by atoms with van der Waals surface area (Å²) in [5.74, 6) is -0.434. The van der Waals surface area contributed by atoms with Gasteiger partial charge >= 0.3 is 0 Å². The molecular formula is C11H11IN2O2. The maximum absolute atomic E-state index is 11.1. The Kier molecular flexibility index (Phi) is 4.60. The summed E-state index contributed by atoms with van der Waals surface area (Å²) in [6, 6.07) is 7.38. The first kappa shape index (κ1) is 12.8. The van der Waals surface area contributed by atoms with Crippen LogP contribution in [0.4, 0.5) is 5.69 Å². The molecule has 16 heavy (non-hydrogen) atoms. The van der Waals surface area contributed by atoms with E-state index in [9.17, 15) is 9.90 Å². The molecule has 1 aromatic carbocycles. The zero-order valence-corrected chi connectivity index (χ0v) is 11.1. The van der Waals surface area contributed by atoms with Crippen molar-refractivity contribution in [1.29, 1.82) is 0 Å². The average Bonchev–Trinajstić information content (AvgIpc) is 2.16. The van der Waals surface area contributed by atoms with Crippen LogP contribution >= 0.6 is 22.6 Å². The molecule has 0 aromatic heterocycles. The van der Waals surface area contributed by atoms with Crippen LogP contribution in [0.15, 0.2) is 46.0 Å². The second-order valence-electron chi connectivity index (χ2n) is 3.17. The molecule has 0 saturated carbocycles. The third kappa shape index (κ3) is 3.73. The van der Waals surface area contributed by atoms with E-state index in [1.807, 2.05) is 18.2 Å². The van der Waals surface area contributed by atoms with Crippen LogP contribution in [0.5, 0.6) is 0 Å². The Balaban J connectivity index is 2.96. The largest absolute Gasteiger partial charge is 0.510 e. The molecule has 0 spiro atoms. The highest BCUT2D eigenvalue weighted by Gasteiger charge is 2.06. The van der Waals surface area contributed by atoms with Gasteiger partial charge in [-0.15, -0.1) is 5.11 Å². The molecule has 0 atom stereocenters. The van der Waals surface area contributed by atoms with Gasteiger partial charge in [0.05, 0.1) is 5.69 Å². The summed E-state index contributed by atoms with van der Waals surface area (Å²) in [4.78, 5) is 11.1. The minimum Gasteiger partial charge on any atom is -0.510 e. The number of rotatable bonds is 3. The molecule has 0 aliphatic heterocycles. The summed E-state index contributed by atoms with van der Waals surface area (Å²) in [5, 5.41) is 16.8. The smallest absolute Gasteiger partial charge is 0.183 e. The van der Waals surface area contributed by atoms with Crippen LogP contribution in [0.25, 0.3) is 0 Å². The number of aliphatic hydroxyl groups is 1. The Morgan fingerprint density at radius 2 is 2.06 bits per heavy atom. The summed E-state index contributed by atoms with van der Waals surface area (Å²) in [6.07, 6.45) is 0. The van der Waals surface area contributed by atoms with Crippen molar-refractivity contribution in [2.24, 2.45) is 10.2 Å². The van der Waals surface area contributed by atoms with Gasteiger partial charge in [-0.3, -0.25) is 4.79 Å². The molecule has 1 aromatic rings. The predicted molar refractivity (Wildman–Crippen MR) is 69.7 cm³/mol. The van der Waals surface area contributed by atoms with Gasteiger partial charge in [-0.2, -0.15) is 5.11 Å². The van der Waals surface area contributed by atoms with E-state index in [4.69, 9.17) is 0 Å². The highest BCUT2D eigenvalue weighted by Crippen LogP contribution is 2.17. The predicted octanol–water partition coefficient (Wildman–Crippen LogP) is 3.75. The summed E-state index contributed by atoms with van der Waals surface area (Å²) in [7, 11) is 0. The molecule has 0 heterocycles. The van der Waals surface area contributed by atoms with Crippen molar-refractivity contribution in [1.82, 2.24) is 0 Å². The van der Waals surface area contributed by atoms with Crippen molar-refractivity contribution in [3.05, 3.63) is 39.3 Å². The van der Waals surface area contributed by atoms with Gasteiger partial charge in [0.15, 0.2) is 11.5 Å². The fraction of sp³-hybridized carbons (Fsp3) is 0.182. The van der Waals surface area contributed by atoms with Crippen molar-refractivity contribution < 1.29 is 9.90 Å². The Morgan fingerprint density at radius 1 is 1.38 bits per heavy atom. The van der Waals surface area contributed by atoms with Gasteiger partial charge in [-0.05, 0) is 47.7 Å². The maximum Gasteiger partial charge on any atom is 0.183 e. The first-order valence-electron chi connectivity index (χ1n) is 4.59. The minimum atomic E-state index is -0.311. The van der Waals surface area contributed by atoms with Crippen LogP contribution < -0.4 is 0 Å². The van der Waals surface area contributed by atoms with Crippen molar-refractivity contribution in [3.63, 3.8) is 0 Å². The van der Waals surface area contributed by atoms with Gasteiger partial charge < -0.3 is 5.11 Å². The molecule has 0 aliphatic carbocycles. The van der Waals surface area contributed by atoms with Crippen molar-refractivity contribution in [2.75, 3.05) is 0 Å². The minimum absolute atomic E-state index is 0.0149. The summed E-state index contributed by atoms with van der Waals surface area (Å²) < 4.78 is 1.03. The monoisotopic (exact) mass is 330 g/mol. The Hall–Kier alpha value is -1.24. The average molecular weight is 330 g/mol. The topological polar surface area (TPSA) is 62.0 Å². The lowest BCUT2D eigenvalue weighted by molar-refractivity contribution is -0.113. The van der Waals surface area contributed by atoms with Crippen LogP contribution in [0, 0.1) is 3.57 Å². The summed E-state index contributed by atoms with van der Waals surface area (Å²) >= 11 is 2.16. The molecule has 0 unspecified atom stereocenters. The van der Waals surface area contributed by atoms with Gasteiger partial charge in [-0.25, -0.2) is 0 Å². The number of carbonyl (C=O) groups excluding carboxylic acids is 1. The van der Waals surface area contributed by atoms with E-state index in [2.05, 4.69) is 32.8 Å². The third-order valence-electron chi connectivity index (χ3n) is 1.75. The lowest BCUT2D eigenvalue weighted by Crippen LogP contribution is -1.96. The van der Waals surface area contributed by atoms with E-state index in [1.54, 1.807) is 6.07 Å². The summed E-state index contributed by atoms with van der Waals surface area (Å²) in [5.41, 5.74) is 0.630. The molecule has 1 rings (SSSR count). The molecule has 5 heteroatoms. The van der Waals surface area contributed by atoms with E-state index >= 15 is 0 Å². The first-order chi connectivity index (χ1) is 7.50. The van der Waals surface area contributed by atoms with Crippen LogP contribution in [0.3, 0.4) is 0 Å². The Labute approximate surface area is 107 Å². The summed E-state index contributed by atoms with van der Waals surface area (Å²) in [6.45, 7) is 2.74. The number of ketones is 1. The molecule has 4 nitrogen and oxygen atoms in total. The Morgan fingerprint density at radius 3 is 2.56 bits per heavy atom. The zero-order valence-electron chi connectivity index (χ0n) is 8.94. The zero-order chi connectivity index (χ0) is 12.1. The number of hydrogen-bond donors (Lipinski definition) is 1. The molecular weight excluding hydrogens is 319 g/mol. The quantitative estimate of drug-likeness (QED) is 0.397. The number of aliphatic hydroxyl groups excluding tert-OH is 1. The van der Waals surface area contributed by atoms with Gasteiger partial charge in [0, 0.05) is 10.5 Å². The second kappa shape index (κ2) is 5.74.